The van der Waals surface area contributed by atoms with Gasteiger partial charge in [-0.2, -0.15) is 10.5 Å². The van der Waals surface area contributed by atoms with Crippen molar-refractivity contribution in [2.24, 2.45) is 0 Å². The van der Waals surface area contributed by atoms with E-state index in [1.54, 1.807) is 27.7 Å². The topological polar surface area (TPSA) is 83.7 Å². The van der Waals surface area contributed by atoms with Crippen molar-refractivity contribution >= 4 is 87.5 Å². The van der Waals surface area contributed by atoms with Crippen LogP contribution in [-0.4, -0.2) is 15.1 Å². The van der Waals surface area contributed by atoms with E-state index in [0.717, 1.165) is 65.3 Å². The summed E-state index contributed by atoms with van der Waals surface area (Å²) in [6, 6.07) is 44.2. The van der Waals surface area contributed by atoms with E-state index in [-0.39, 0.29) is 22.5 Å². The molecule has 0 atom stereocenters. The number of fused-ring (bicyclic) bond motifs is 13. The van der Waals surface area contributed by atoms with Crippen LogP contribution in [0.2, 0.25) is 0 Å². The minimum absolute atomic E-state index is 0.0194. The summed E-state index contributed by atoms with van der Waals surface area (Å²) in [5.41, 5.74) is 3.16. The first-order valence-electron chi connectivity index (χ1n) is 19.6. The van der Waals surface area contributed by atoms with Crippen LogP contribution in [0, 0.1) is 22.7 Å². The molecule has 1 aliphatic rings. The molecule has 0 aliphatic heterocycles. The zero-order valence-corrected chi connectivity index (χ0v) is 32.4. The Labute approximate surface area is 335 Å². The maximum atomic E-state index is 17.7. The van der Waals surface area contributed by atoms with Gasteiger partial charge in [0.05, 0.1) is 55.4 Å². The molecule has 4 aromatic heterocycles. The SMILES string of the molecule is CC1(C)c2c(-n3c4ccccc4c4cc5c(cc43)oc3ccccc35)c(C#N)c(C#N)c(-n3c4ccccc4c4cc5c(cc43)oc3ccccc35)c2C(C)(C)C1(F)F. The molecule has 8 heteroatoms. The van der Waals surface area contributed by atoms with Gasteiger partial charge >= 0.3 is 0 Å². The van der Waals surface area contributed by atoms with Gasteiger partial charge in [-0.1, -0.05) is 72.8 Å². The van der Waals surface area contributed by atoms with E-state index >= 15 is 8.78 Å². The van der Waals surface area contributed by atoms with Gasteiger partial charge in [0, 0.05) is 55.2 Å². The number of halogens is 2. The normalized spacial score (nSPS) is 15.7. The molecule has 0 unspecified atom stereocenters. The molecule has 0 N–H and O–H groups in total. The lowest BCUT2D eigenvalue weighted by Crippen LogP contribution is -2.46. The lowest BCUT2D eigenvalue weighted by molar-refractivity contribution is -0.105. The minimum atomic E-state index is -3.33. The number of furan rings is 2. The largest absolute Gasteiger partial charge is 0.456 e. The van der Waals surface area contributed by atoms with Crippen molar-refractivity contribution in [1.29, 1.82) is 10.5 Å². The molecule has 0 fully saturated rings. The molecular formula is C51H32F2N4O2. The molecule has 0 amide bonds. The third-order valence-corrected chi connectivity index (χ3v) is 13.3. The van der Waals surface area contributed by atoms with Gasteiger partial charge in [0.2, 0.25) is 0 Å². The second kappa shape index (κ2) is 10.9. The number of aromatic nitrogens is 2. The fourth-order valence-electron chi connectivity index (χ4n) is 10.6. The first kappa shape index (κ1) is 33.7. The Morgan fingerprint density at radius 1 is 0.441 bits per heavy atom. The standard InChI is InChI=1S/C51H32F2N4O2/c1-49(2)45-46(50(3,4)51(49,52)53)48(57-38-18-10-6-14-28(38)32-22-34-30-16-8-12-20-42(30)59-44(34)24-40(32)57)36(26-55)35(25-54)47(45)56-37-17-9-5-13-27(37)31-21-33-29-15-7-11-19-41(29)58-43(33)23-39(31)56/h5-24H,1-4H3. The Hall–Kier alpha value is -7.42. The van der Waals surface area contributed by atoms with Crippen LogP contribution in [-0.2, 0) is 10.8 Å². The van der Waals surface area contributed by atoms with E-state index in [1.807, 2.05) is 118 Å². The molecule has 0 bridgehead atoms. The van der Waals surface area contributed by atoms with Crippen molar-refractivity contribution in [3.8, 4) is 23.5 Å². The Morgan fingerprint density at radius 2 is 0.814 bits per heavy atom. The Kier molecular flexibility index (Phi) is 6.25. The van der Waals surface area contributed by atoms with Crippen LogP contribution in [0.4, 0.5) is 8.78 Å². The van der Waals surface area contributed by atoms with Gasteiger partial charge in [-0.05, 0) is 75.2 Å². The van der Waals surface area contributed by atoms with Crippen LogP contribution in [0.15, 0.2) is 130 Å². The molecular weight excluding hydrogens is 739 g/mol. The summed E-state index contributed by atoms with van der Waals surface area (Å²) >= 11 is 0. The number of para-hydroxylation sites is 4. The van der Waals surface area contributed by atoms with Gasteiger partial charge < -0.3 is 18.0 Å². The highest BCUT2D eigenvalue weighted by atomic mass is 19.3. The van der Waals surface area contributed by atoms with E-state index in [0.29, 0.717) is 33.3 Å². The molecule has 0 radical (unpaired) electrons. The Balaban J connectivity index is 1.30. The van der Waals surface area contributed by atoms with Crippen LogP contribution >= 0.6 is 0 Å². The number of benzene rings is 7. The predicted molar refractivity (Wildman–Crippen MR) is 230 cm³/mol. The zero-order chi connectivity index (χ0) is 40.3. The molecule has 0 saturated carbocycles. The highest BCUT2D eigenvalue weighted by Gasteiger charge is 2.67. The van der Waals surface area contributed by atoms with Crippen LogP contribution < -0.4 is 0 Å². The van der Waals surface area contributed by atoms with E-state index in [2.05, 4.69) is 24.3 Å². The predicted octanol–water partition coefficient (Wildman–Crippen LogP) is 13.6. The number of rotatable bonds is 2. The number of alkyl halides is 2. The van der Waals surface area contributed by atoms with Crippen molar-refractivity contribution in [2.75, 3.05) is 0 Å². The van der Waals surface area contributed by atoms with Gasteiger partial charge in [0.1, 0.15) is 34.5 Å². The number of hydrogen-bond donors (Lipinski definition) is 0. The Bertz CT molecular complexity index is 3560. The van der Waals surface area contributed by atoms with E-state index in [1.165, 1.54) is 0 Å². The Morgan fingerprint density at radius 3 is 1.22 bits per heavy atom. The van der Waals surface area contributed by atoms with Crippen molar-refractivity contribution in [3.05, 3.63) is 144 Å². The molecule has 6 nitrogen and oxygen atoms in total. The molecule has 282 valence electrons. The minimum Gasteiger partial charge on any atom is -0.456 e. The summed E-state index contributed by atoms with van der Waals surface area (Å²) in [6.45, 7) is 6.26. The van der Waals surface area contributed by atoms with E-state index in [4.69, 9.17) is 8.83 Å². The fourth-order valence-corrected chi connectivity index (χ4v) is 10.6. The monoisotopic (exact) mass is 770 g/mol. The van der Waals surface area contributed by atoms with Crippen LogP contribution in [0.25, 0.3) is 98.9 Å². The number of nitriles is 2. The second-order valence-corrected chi connectivity index (χ2v) is 16.9. The van der Waals surface area contributed by atoms with Crippen molar-refractivity contribution in [3.63, 3.8) is 0 Å². The lowest BCUT2D eigenvalue weighted by atomic mass is 9.76. The average molecular weight is 771 g/mol. The van der Waals surface area contributed by atoms with Gasteiger partial charge in [0.25, 0.3) is 5.92 Å². The quantitative estimate of drug-likeness (QED) is 0.175. The first-order valence-corrected chi connectivity index (χ1v) is 19.6. The molecule has 0 spiro atoms. The van der Waals surface area contributed by atoms with Gasteiger partial charge in [-0.3, -0.25) is 0 Å². The smallest absolute Gasteiger partial charge is 0.266 e. The highest BCUT2D eigenvalue weighted by molar-refractivity contribution is 6.19. The van der Waals surface area contributed by atoms with E-state index in [9.17, 15) is 10.5 Å². The third kappa shape index (κ3) is 3.92. The maximum absolute atomic E-state index is 17.7. The van der Waals surface area contributed by atoms with Crippen molar-refractivity contribution in [1.82, 2.24) is 9.13 Å². The van der Waals surface area contributed by atoms with E-state index < -0.39 is 16.8 Å². The number of nitrogens with zero attached hydrogens (tertiary/aromatic N) is 4. The zero-order valence-electron chi connectivity index (χ0n) is 32.4. The summed E-state index contributed by atoms with van der Waals surface area (Å²) < 4.78 is 52.0. The third-order valence-electron chi connectivity index (χ3n) is 13.3. The molecule has 12 rings (SSSR count). The first-order chi connectivity index (χ1) is 28.5. The number of hydrogen-bond acceptors (Lipinski definition) is 4. The second-order valence-electron chi connectivity index (χ2n) is 16.9. The summed E-state index contributed by atoms with van der Waals surface area (Å²) in [5.74, 6) is -3.33. The lowest BCUT2D eigenvalue weighted by Gasteiger charge is -2.36. The van der Waals surface area contributed by atoms with Crippen molar-refractivity contribution < 1.29 is 17.6 Å². The van der Waals surface area contributed by atoms with Gasteiger partial charge in [-0.15, -0.1) is 0 Å². The van der Waals surface area contributed by atoms with Crippen LogP contribution in [0.1, 0.15) is 49.9 Å². The fraction of sp³-hybridized carbons (Fsp3) is 0.137. The molecule has 4 heterocycles. The molecule has 1 aliphatic carbocycles. The molecule has 11 aromatic rings. The van der Waals surface area contributed by atoms with Gasteiger partial charge in [-0.25, -0.2) is 8.78 Å². The van der Waals surface area contributed by atoms with Gasteiger partial charge in [0.15, 0.2) is 0 Å². The maximum Gasteiger partial charge on any atom is 0.266 e. The van der Waals surface area contributed by atoms with Crippen LogP contribution in [0.5, 0.6) is 0 Å². The molecule has 59 heavy (non-hydrogen) atoms. The molecule has 7 aromatic carbocycles. The summed E-state index contributed by atoms with van der Waals surface area (Å²) in [7, 11) is 0. The summed E-state index contributed by atoms with van der Waals surface area (Å²) in [4.78, 5) is 0. The van der Waals surface area contributed by atoms with Crippen LogP contribution in [0.3, 0.4) is 0 Å². The average Bonchev–Trinajstić information content (AvgIpc) is 3.99. The highest BCUT2D eigenvalue weighted by Crippen LogP contribution is 2.64. The summed E-state index contributed by atoms with van der Waals surface area (Å²) in [6.07, 6.45) is 0. The van der Waals surface area contributed by atoms with Crippen molar-refractivity contribution in [2.45, 2.75) is 44.4 Å². The summed E-state index contributed by atoms with van der Waals surface area (Å²) in [5, 5.41) is 30.1. The molecule has 0 saturated heterocycles.